The summed E-state index contributed by atoms with van der Waals surface area (Å²) in [6.45, 7) is 5.99. The largest absolute Gasteiger partial charge is 0.309 e. The molecule has 2 unspecified atom stereocenters. The van der Waals surface area contributed by atoms with Crippen molar-refractivity contribution in [2.24, 2.45) is 0 Å². The van der Waals surface area contributed by atoms with Crippen LogP contribution in [0.15, 0.2) is 12.2 Å². The maximum absolute atomic E-state index is 3.77. The molecule has 0 amide bonds. The lowest BCUT2D eigenvalue weighted by molar-refractivity contribution is 0.255. The number of likely N-dealkylation sites (tertiary alicyclic amines) is 1. The molecule has 0 radical (unpaired) electrons. The first-order chi connectivity index (χ1) is 8.40. The van der Waals surface area contributed by atoms with E-state index in [1.165, 1.54) is 64.6 Å². The summed E-state index contributed by atoms with van der Waals surface area (Å²) in [6.07, 6.45) is 14.4. The van der Waals surface area contributed by atoms with Crippen molar-refractivity contribution in [3.63, 3.8) is 0 Å². The highest BCUT2D eigenvalue weighted by Crippen LogP contribution is 2.17. The van der Waals surface area contributed by atoms with Gasteiger partial charge in [-0.25, -0.2) is 0 Å². The van der Waals surface area contributed by atoms with E-state index in [2.05, 4.69) is 29.3 Å². The van der Waals surface area contributed by atoms with Crippen molar-refractivity contribution >= 4 is 0 Å². The number of hydrogen-bond donors (Lipinski definition) is 1. The van der Waals surface area contributed by atoms with E-state index in [0.29, 0.717) is 6.04 Å². The van der Waals surface area contributed by atoms with Gasteiger partial charge in [0.25, 0.3) is 0 Å². The first kappa shape index (κ1) is 13.1. The van der Waals surface area contributed by atoms with E-state index in [1.807, 2.05) is 0 Å². The van der Waals surface area contributed by atoms with E-state index in [9.17, 15) is 0 Å². The highest BCUT2D eigenvalue weighted by atomic mass is 15.2. The van der Waals surface area contributed by atoms with Gasteiger partial charge in [0.2, 0.25) is 0 Å². The highest BCUT2D eigenvalue weighted by molar-refractivity contribution is 4.95. The van der Waals surface area contributed by atoms with Crippen LogP contribution in [0.1, 0.15) is 51.9 Å². The summed E-state index contributed by atoms with van der Waals surface area (Å²) in [6, 6.07) is 1.42. The molecular formula is C15H28N2. The smallest absolute Gasteiger partial charge is 0.0250 e. The van der Waals surface area contributed by atoms with Crippen LogP contribution in [0.25, 0.3) is 0 Å². The minimum absolute atomic E-state index is 0.634. The average molecular weight is 236 g/mol. The molecule has 0 spiro atoms. The van der Waals surface area contributed by atoms with Crippen molar-refractivity contribution in [2.75, 3.05) is 19.6 Å². The Labute approximate surface area is 106 Å². The molecule has 1 fully saturated rings. The molecule has 0 saturated carbocycles. The molecule has 1 aliphatic carbocycles. The predicted octanol–water partition coefficient (Wildman–Crippen LogP) is 2.95. The summed E-state index contributed by atoms with van der Waals surface area (Å²) in [4.78, 5) is 2.62. The standard InChI is InChI=1S/C15H28N2/c1-2-17-12-8-11-15(17)13-16-14-9-6-4-3-5-7-10-14/h6,9,14-16H,2-5,7-8,10-13H2,1H3/b9-6+. The second-order valence-corrected chi connectivity index (χ2v) is 5.51. The van der Waals surface area contributed by atoms with Gasteiger partial charge in [0.15, 0.2) is 0 Å². The van der Waals surface area contributed by atoms with E-state index in [4.69, 9.17) is 0 Å². The highest BCUT2D eigenvalue weighted by Gasteiger charge is 2.23. The monoisotopic (exact) mass is 236 g/mol. The molecule has 2 atom stereocenters. The van der Waals surface area contributed by atoms with Gasteiger partial charge in [-0.3, -0.25) is 4.90 Å². The Morgan fingerprint density at radius 1 is 1.18 bits per heavy atom. The van der Waals surface area contributed by atoms with Gasteiger partial charge in [0.05, 0.1) is 0 Å². The fourth-order valence-electron chi connectivity index (χ4n) is 3.16. The SMILES string of the molecule is CCN1CCCC1CNC1/C=C/CCCCC1. The third kappa shape index (κ3) is 4.11. The Balaban J connectivity index is 1.74. The average Bonchev–Trinajstić information content (AvgIpc) is 2.75. The molecule has 0 bridgehead atoms. The van der Waals surface area contributed by atoms with Crippen LogP contribution in [0.2, 0.25) is 0 Å². The summed E-state index contributed by atoms with van der Waals surface area (Å²) in [5, 5.41) is 3.77. The Hall–Kier alpha value is -0.340. The van der Waals surface area contributed by atoms with Gasteiger partial charge in [0.1, 0.15) is 0 Å². The molecule has 1 aliphatic heterocycles. The number of rotatable bonds is 4. The van der Waals surface area contributed by atoms with Gasteiger partial charge in [-0.2, -0.15) is 0 Å². The van der Waals surface area contributed by atoms with Crippen molar-refractivity contribution < 1.29 is 0 Å². The fourth-order valence-corrected chi connectivity index (χ4v) is 3.16. The summed E-state index contributed by atoms with van der Waals surface area (Å²) in [5.41, 5.74) is 0. The van der Waals surface area contributed by atoms with Gasteiger partial charge in [-0.1, -0.05) is 31.9 Å². The molecule has 2 aliphatic rings. The molecule has 1 saturated heterocycles. The van der Waals surface area contributed by atoms with Crippen molar-refractivity contribution in [1.29, 1.82) is 0 Å². The third-order valence-corrected chi connectivity index (χ3v) is 4.28. The molecule has 1 heterocycles. The second-order valence-electron chi connectivity index (χ2n) is 5.51. The maximum Gasteiger partial charge on any atom is 0.0250 e. The first-order valence-corrected chi connectivity index (χ1v) is 7.54. The van der Waals surface area contributed by atoms with Crippen LogP contribution in [0.5, 0.6) is 0 Å². The number of hydrogen-bond acceptors (Lipinski definition) is 2. The molecule has 2 rings (SSSR count). The molecule has 2 heteroatoms. The van der Waals surface area contributed by atoms with Crippen LogP contribution in [-0.4, -0.2) is 36.6 Å². The summed E-state index contributed by atoms with van der Waals surface area (Å²) in [7, 11) is 0. The van der Waals surface area contributed by atoms with E-state index in [0.717, 1.165) is 6.04 Å². The third-order valence-electron chi connectivity index (χ3n) is 4.28. The fraction of sp³-hybridized carbons (Fsp3) is 0.867. The predicted molar refractivity (Wildman–Crippen MR) is 74.3 cm³/mol. The van der Waals surface area contributed by atoms with Gasteiger partial charge >= 0.3 is 0 Å². The molecule has 2 nitrogen and oxygen atoms in total. The molecule has 0 aromatic rings. The zero-order valence-electron chi connectivity index (χ0n) is 11.3. The van der Waals surface area contributed by atoms with Gasteiger partial charge in [-0.15, -0.1) is 0 Å². The van der Waals surface area contributed by atoms with E-state index < -0.39 is 0 Å². The van der Waals surface area contributed by atoms with E-state index >= 15 is 0 Å². The minimum Gasteiger partial charge on any atom is -0.309 e. The lowest BCUT2D eigenvalue weighted by Crippen LogP contribution is -2.41. The van der Waals surface area contributed by atoms with Crippen molar-refractivity contribution in [3.8, 4) is 0 Å². The van der Waals surface area contributed by atoms with Crippen LogP contribution in [0, 0.1) is 0 Å². The Bertz CT molecular complexity index is 237. The van der Waals surface area contributed by atoms with Gasteiger partial charge < -0.3 is 5.32 Å². The van der Waals surface area contributed by atoms with E-state index in [-0.39, 0.29) is 0 Å². The Morgan fingerprint density at radius 2 is 2.12 bits per heavy atom. The quantitative estimate of drug-likeness (QED) is 0.755. The number of nitrogens with one attached hydrogen (secondary N) is 1. The van der Waals surface area contributed by atoms with Crippen molar-refractivity contribution in [1.82, 2.24) is 10.2 Å². The zero-order chi connectivity index (χ0) is 11.9. The number of likely N-dealkylation sites (N-methyl/N-ethyl adjacent to an activating group) is 1. The molecule has 0 aromatic heterocycles. The topological polar surface area (TPSA) is 15.3 Å². The van der Waals surface area contributed by atoms with Crippen LogP contribution < -0.4 is 5.32 Å². The van der Waals surface area contributed by atoms with Crippen molar-refractivity contribution in [3.05, 3.63) is 12.2 Å². The van der Waals surface area contributed by atoms with Gasteiger partial charge in [-0.05, 0) is 45.2 Å². The molecule has 98 valence electrons. The minimum atomic E-state index is 0.634. The maximum atomic E-state index is 3.77. The Kier molecular flexibility index (Phi) is 5.53. The Morgan fingerprint density at radius 3 is 3.00 bits per heavy atom. The second kappa shape index (κ2) is 7.17. The first-order valence-electron chi connectivity index (χ1n) is 7.54. The zero-order valence-corrected chi connectivity index (χ0v) is 11.3. The lowest BCUT2D eigenvalue weighted by Gasteiger charge is -2.25. The normalized spacial score (nSPS) is 33.2. The van der Waals surface area contributed by atoms with E-state index in [1.54, 1.807) is 0 Å². The summed E-state index contributed by atoms with van der Waals surface area (Å²) >= 11 is 0. The molecule has 0 aromatic carbocycles. The van der Waals surface area contributed by atoms with Crippen LogP contribution in [0.4, 0.5) is 0 Å². The van der Waals surface area contributed by atoms with Crippen molar-refractivity contribution in [2.45, 2.75) is 64.0 Å². The molecular weight excluding hydrogens is 208 g/mol. The number of nitrogens with zero attached hydrogens (tertiary/aromatic N) is 1. The number of allylic oxidation sites excluding steroid dienone is 1. The summed E-state index contributed by atoms with van der Waals surface area (Å²) in [5.74, 6) is 0. The van der Waals surface area contributed by atoms with Crippen LogP contribution in [-0.2, 0) is 0 Å². The van der Waals surface area contributed by atoms with Crippen LogP contribution in [0.3, 0.4) is 0 Å². The lowest BCUT2D eigenvalue weighted by atomic mass is 10.0. The molecule has 17 heavy (non-hydrogen) atoms. The van der Waals surface area contributed by atoms with Gasteiger partial charge in [0, 0.05) is 18.6 Å². The summed E-state index contributed by atoms with van der Waals surface area (Å²) < 4.78 is 0. The molecule has 1 N–H and O–H groups in total. The van der Waals surface area contributed by atoms with Crippen LogP contribution >= 0.6 is 0 Å².